The fourth-order valence-electron chi connectivity index (χ4n) is 0.690. The fourth-order valence-corrected chi connectivity index (χ4v) is 0.690. The molecule has 1 aliphatic carbocycles. The van der Waals surface area contributed by atoms with Gasteiger partial charge in [0.25, 0.3) is 0 Å². The number of halogens is 1. The molecule has 1 aliphatic rings. The van der Waals surface area contributed by atoms with Gasteiger partial charge in [-0.2, -0.15) is 5.54 Å². The van der Waals surface area contributed by atoms with Crippen LogP contribution in [-0.4, -0.2) is 11.1 Å². The molecule has 50 valence electrons. The number of hydrogen-bond acceptors (Lipinski definition) is 2. The van der Waals surface area contributed by atoms with Gasteiger partial charge in [0.15, 0.2) is 0 Å². The molecule has 0 aliphatic heterocycles. The standard InChI is InChI=1S/C6H8FNO/c7-8-5-1-3-6(9)4-2-5/h1,3-5,8-9H,2H2. The van der Waals surface area contributed by atoms with Crippen molar-refractivity contribution >= 4 is 0 Å². The van der Waals surface area contributed by atoms with E-state index in [1.165, 1.54) is 6.08 Å². The molecule has 1 rings (SSSR count). The summed E-state index contributed by atoms with van der Waals surface area (Å²) in [6, 6.07) is -0.263. The molecule has 0 saturated heterocycles. The molecule has 0 heterocycles. The zero-order valence-electron chi connectivity index (χ0n) is 4.84. The van der Waals surface area contributed by atoms with Crippen molar-refractivity contribution in [2.45, 2.75) is 12.5 Å². The molecule has 0 radical (unpaired) electrons. The van der Waals surface area contributed by atoms with E-state index in [9.17, 15) is 4.48 Å². The van der Waals surface area contributed by atoms with Crippen LogP contribution in [0.1, 0.15) is 6.42 Å². The van der Waals surface area contributed by atoms with Crippen LogP contribution in [0.3, 0.4) is 0 Å². The molecule has 0 aromatic rings. The number of allylic oxidation sites excluding steroid dienone is 1. The molecular formula is C6H8FNO. The molecule has 2 N–H and O–H groups in total. The summed E-state index contributed by atoms with van der Waals surface area (Å²) in [7, 11) is 0. The summed E-state index contributed by atoms with van der Waals surface area (Å²) in [5.74, 6) is 0.210. The lowest BCUT2D eigenvalue weighted by Gasteiger charge is -2.08. The Bertz CT molecular complexity index is 153. The smallest absolute Gasteiger partial charge is 0.111 e. The molecular weight excluding hydrogens is 121 g/mol. The Kier molecular flexibility index (Phi) is 1.85. The Morgan fingerprint density at radius 2 is 2.56 bits per heavy atom. The van der Waals surface area contributed by atoms with E-state index in [2.05, 4.69) is 0 Å². The second kappa shape index (κ2) is 2.64. The minimum Gasteiger partial charge on any atom is -0.508 e. The van der Waals surface area contributed by atoms with Gasteiger partial charge in [0, 0.05) is 0 Å². The third-order valence-electron chi connectivity index (χ3n) is 1.22. The number of aliphatic hydroxyl groups excluding tert-OH is 1. The topological polar surface area (TPSA) is 32.3 Å². The van der Waals surface area contributed by atoms with Gasteiger partial charge in [0.05, 0.1) is 6.04 Å². The van der Waals surface area contributed by atoms with Crippen LogP contribution in [0, 0.1) is 0 Å². The average molecular weight is 129 g/mol. The molecule has 0 amide bonds. The Morgan fingerprint density at radius 1 is 1.78 bits per heavy atom. The minimum absolute atomic E-state index is 0.210. The third-order valence-corrected chi connectivity index (χ3v) is 1.22. The predicted octanol–water partition coefficient (Wildman–Crippen LogP) is 1.23. The molecule has 0 aromatic heterocycles. The van der Waals surface area contributed by atoms with Gasteiger partial charge in [-0.05, 0) is 18.6 Å². The first-order valence-corrected chi connectivity index (χ1v) is 2.76. The number of nitrogens with one attached hydrogen (secondary N) is 1. The molecule has 0 bridgehead atoms. The number of aliphatic hydroxyl groups is 1. The fraction of sp³-hybridized carbons (Fsp3) is 0.333. The van der Waals surface area contributed by atoms with E-state index in [0.717, 1.165) is 0 Å². The molecule has 9 heavy (non-hydrogen) atoms. The van der Waals surface area contributed by atoms with Gasteiger partial charge < -0.3 is 5.11 Å². The highest BCUT2D eigenvalue weighted by molar-refractivity contribution is 5.18. The SMILES string of the molecule is OC1=CCC(NF)C=C1. The maximum Gasteiger partial charge on any atom is 0.111 e. The Labute approximate surface area is 52.6 Å². The first kappa shape index (κ1) is 6.29. The monoisotopic (exact) mass is 129 g/mol. The van der Waals surface area contributed by atoms with E-state index in [-0.39, 0.29) is 11.8 Å². The Morgan fingerprint density at radius 3 is 3.00 bits per heavy atom. The Hall–Kier alpha value is -0.830. The van der Waals surface area contributed by atoms with Crippen molar-refractivity contribution in [3.63, 3.8) is 0 Å². The molecule has 1 unspecified atom stereocenters. The first-order chi connectivity index (χ1) is 4.33. The van der Waals surface area contributed by atoms with E-state index in [0.29, 0.717) is 6.42 Å². The van der Waals surface area contributed by atoms with Crippen molar-refractivity contribution in [2.75, 3.05) is 0 Å². The van der Waals surface area contributed by atoms with Crippen LogP contribution in [-0.2, 0) is 0 Å². The molecule has 0 saturated carbocycles. The van der Waals surface area contributed by atoms with Crippen LogP contribution in [0.15, 0.2) is 24.0 Å². The summed E-state index contributed by atoms with van der Waals surface area (Å²) in [6.07, 6.45) is 5.13. The van der Waals surface area contributed by atoms with E-state index >= 15 is 0 Å². The zero-order chi connectivity index (χ0) is 6.69. The first-order valence-electron chi connectivity index (χ1n) is 2.76. The average Bonchev–Trinajstić information content (AvgIpc) is 1.90. The van der Waals surface area contributed by atoms with Crippen LogP contribution in [0.2, 0.25) is 0 Å². The van der Waals surface area contributed by atoms with Crippen LogP contribution in [0.5, 0.6) is 0 Å². The van der Waals surface area contributed by atoms with Gasteiger partial charge in [-0.1, -0.05) is 6.08 Å². The minimum atomic E-state index is -0.263. The summed E-state index contributed by atoms with van der Waals surface area (Å²) < 4.78 is 11.6. The summed E-state index contributed by atoms with van der Waals surface area (Å²) in [4.78, 5) is 0. The van der Waals surface area contributed by atoms with Gasteiger partial charge in [-0.3, -0.25) is 0 Å². The zero-order valence-corrected chi connectivity index (χ0v) is 4.84. The van der Waals surface area contributed by atoms with Crippen molar-refractivity contribution in [2.24, 2.45) is 0 Å². The van der Waals surface area contributed by atoms with Crippen LogP contribution in [0.4, 0.5) is 4.48 Å². The second-order valence-corrected chi connectivity index (χ2v) is 1.94. The predicted molar refractivity (Wildman–Crippen MR) is 32.5 cm³/mol. The molecule has 3 heteroatoms. The maximum atomic E-state index is 11.6. The number of hydrogen-bond donors (Lipinski definition) is 2. The highest BCUT2D eigenvalue weighted by atomic mass is 19.2. The quantitative estimate of drug-likeness (QED) is 0.522. The van der Waals surface area contributed by atoms with E-state index < -0.39 is 0 Å². The number of rotatable bonds is 1. The molecule has 0 fully saturated rings. The highest BCUT2D eigenvalue weighted by Gasteiger charge is 2.05. The largest absolute Gasteiger partial charge is 0.508 e. The lowest BCUT2D eigenvalue weighted by molar-refractivity contribution is 0.295. The lowest BCUT2D eigenvalue weighted by atomic mass is 10.1. The van der Waals surface area contributed by atoms with Crippen molar-refractivity contribution in [3.05, 3.63) is 24.0 Å². The summed E-state index contributed by atoms with van der Waals surface area (Å²) in [5.41, 5.74) is 1.58. The highest BCUT2D eigenvalue weighted by Crippen LogP contribution is 2.07. The van der Waals surface area contributed by atoms with Gasteiger partial charge in [-0.15, -0.1) is 4.48 Å². The van der Waals surface area contributed by atoms with Gasteiger partial charge >= 0.3 is 0 Å². The summed E-state index contributed by atoms with van der Waals surface area (Å²) in [5, 5.41) is 8.75. The summed E-state index contributed by atoms with van der Waals surface area (Å²) >= 11 is 0. The van der Waals surface area contributed by atoms with Crippen LogP contribution >= 0.6 is 0 Å². The van der Waals surface area contributed by atoms with E-state index in [1.54, 1.807) is 17.7 Å². The van der Waals surface area contributed by atoms with Crippen molar-refractivity contribution in [1.29, 1.82) is 0 Å². The van der Waals surface area contributed by atoms with Crippen molar-refractivity contribution < 1.29 is 9.59 Å². The van der Waals surface area contributed by atoms with Crippen LogP contribution in [0.25, 0.3) is 0 Å². The van der Waals surface area contributed by atoms with Crippen LogP contribution < -0.4 is 5.54 Å². The maximum absolute atomic E-state index is 11.6. The normalized spacial score (nSPS) is 25.9. The van der Waals surface area contributed by atoms with Gasteiger partial charge in [-0.25, -0.2) is 0 Å². The Balaban J connectivity index is 2.48. The third kappa shape index (κ3) is 1.54. The van der Waals surface area contributed by atoms with E-state index in [4.69, 9.17) is 5.11 Å². The van der Waals surface area contributed by atoms with Crippen molar-refractivity contribution in [1.82, 2.24) is 5.54 Å². The molecule has 1 atom stereocenters. The van der Waals surface area contributed by atoms with Gasteiger partial charge in [0.2, 0.25) is 0 Å². The molecule has 0 aromatic carbocycles. The van der Waals surface area contributed by atoms with Gasteiger partial charge in [0.1, 0.15) is 5.76 Å². The van der Waals surface area contributed by atoms with E-state index in [1.807, 2.05) is 0 Å². The summed E-state index contributed by atoms with van der Waals surface area (Å²) in [6.45, 7) is 0. The molecule has 0 spiro atoms. The lowest BCUT2D eigenvalue weighted by Crippen LogP contribution is -2.19. The molecule has 2 nitrogen and oxygen atoms in total. The van der Waals surface area contributed by atoms with Crippen molar-refractivity contribution in [3.8, 4) is 0 Å². The second-order valence-electron chi connectivity index (χ2n) is 1.94.